The molecule has 1 unspecified atom stereocenters. The zero-order chi connectivity index (χ0) is 15.2. The van der Waals surface area contributed by atoms with Gasteiger partial charge in [0.25, 0.3) is 11.8 Å². The molecule has 2 rings (SSSR count). The molecule has 0 aliphatic carbocycles. The molecule has 0 saturated heterocycles. The third-order valence-corrected chi connectivity index (χ3v) is 3.15. The van der Waals surface area contributed by atoms with Crippen molar-refractivity contribution in [1.29, 1.82) is 0 Å². The molecule has 21 heavy (non-hydrogen) atoms. The Balaban J connectivity index is 2.17. The number of carbonyl (C=O) groups is 2. The standard InChI is InChI=1S/C16H18N2O3/c1-3-11(2)17-15(19)12-7-4-5-8-13(12)18-16(20)14-9-6-10-21-14/h4-11H,3H2,1-2H3,(H,17,19)(H,18,20). The highest BCUT2D eigenvalue weighted by molar-refractivity contribution is 6.07. The quantitative estimate of drug-likeness (QED) is 0.887. The molecule has 110 valence electrons. The van der Waals surface area contributed by atoms with Crippen LogP contribution in [0.5, 0.6) is 0 Å². The van der Waals surface area contributed by atoms with Crippen LogP contribution >= 0.6 is 0 Å². The normalized spacial score (nSPS) is 11.7. The van der Waals surface area contributed by atoms with Crippen LogP contribution in [0.4, 0.5) is 5.69 Å². The number of amides is 2. The molecule has 0 aliphatic heterocycles. The van der Waals surface area contributed by atoms with Crippen molar-refractivity contribution in [3.05, 3.63) is 54.0 Å². The zero-order valence-corrected chi connectivity index (χ0v) is 12.1. The van der Waals surface area contributed by atoms with Gasteiger partial charge < -0.3 is 15.1 Å². The van der Waals surface area contributed by atoms with Crippen LogP contribution in [0, 0.1) is 0 Å². The minimum atomic E-state index is -0.385. The van der Waals surface area contributed by atoms with Crippen molar-refractivity contribution in [2.45, 2.75) is 26.3 Å². The predicted octanol–water partition coefficient (Wildman–Crippen LogP) is 3.06. The van der Waals surface area contributed by atoms with Gasteiger partial charge in [-0.05, 0) is 37.6 Å². The molecular weight excluding hydrogens is 268 g/mol. The van der Waals surface area contributed by atoms with E-state index in [1.165, 1.54) is 6.26 Å². The second kappa shape index (κ2) is 6.74. The predicted molar refractivity (Wildman–Crippen MR) is 80.3 cm³/mol. The van der Waals surface area contributed by atoms with Gasteiger partial charge in [-0.1, -0.05) is 19.1 Å². The van der Waals surface area contributed by atoms with Gasteiger partial charge >= 0.3 is 0 Å². The highest BCUT2D eigenvalue weighted by Gasteiger charge is 2.16. The Morgan fingerprint density at radius 1 is 1.14 bits per heavy atom. The molecule has 0 bridgehead atoms. The first kappa shape index (κ1) is 14.8. The van der Waals surface area contributed by atoms with Crippen LogP contribution in [0.15, 0.2) is 47.1 Å². The van der Waals surface area contributed by atoms with Crippen molar-refractivity contribution in [1.82, 2.24) is 5.32 Å². The number of hydrogen-bond acceptors (Lipinski definition) is 3. The van der Waals surface area contributed by atoms with Gasteiger partial charge in [-0.2, -0.15) is 0 Å². The SMILES string of the molecule is CCC(C)NC(=O)c1ccccc1NC(=O)c1ccco1. The molecule has 0 spiro atoms. The maximum absolute atomic E-state index is 12.2. The van der Waals surface area contributed by atoms with Crippen LogP contribution in [0.3, 0.4) is 0 Å². The molecule has 0 aliphatic rings. The number of para-hydroxylation sites is 1. The highest BCUT2D eigenvalue weighted by atomic mass is 16.3. The zero-order valence-electron chi connectivity index (χ0n) is 12.1. The fourth-order valence-electron chi connectivity index (χ4n) is 1.79. The highest BCUT2D eigenvalue weighted by Crippen LogP contribution is 2.16. The molecule has 2 N–H and O–H groups in total. The third kappa shape index (κ3) is 3.72. The summed E-state index contributed by atoms with van der Waals surface area (Å²) in [5, 5.41) is 5.57. The lowest BCUT2D eigenvalue weighted by molar-refractivity contribution is 0.0940. The summed E-state index contributed by atoms with van der Waals surface area (Å²) in [4.78, 5) is 24.2. The average Bonchev–Trinajstić information content (AvgIpc) is 3.01. The molecule has 5 heteroatoms. The van der Waals surface area contributed by atoms with Gasteiger partial charge in [0.05, 0.1) is 17.5 Å². The molecule has 2 amide bonds. The van der Waals surface area contributed by atoms with E-state index in [0.29, 0.717) is 11.3 Å². The van der Waals surface area contributed by atoms with Gasteiger partial charge in [-0.15, -0.1) is 0 Å². The van der Waals surface area contributed by atoms with Gasteiger partial charge in [0.15, 0.2) is 5.76 Å². The Labute approximate surface area is 123 Å². The Bertz CT molecular complexity index is 620. The molecule has 0 radical (unpaired) electrons. The van der Waals surface area contributed by atoms with Gasteiger partial charge in [0, 0.05) is 6.04 Å². The Morgan fingerprint density at radius 2 is 1.90 bits per heavy atom. The fourth-order valence-corrected chi connectivity index (χ4v) is 1.79. The van der Waals surface area contributed by atoms with Crippen LogP contribution in [0.2, 0.25) is 0 Å². The molecule has 1 atom stereocenters. The summed E-state index contributed by atoms with van der Waals surface area (Å²) in [6.07, 6.45) is 2.27. The minimum Gasteiger partial charge on any atom is -0.459 e. The van der Waals surface area contributed by atoms with Crippen molar-refractivity contribution in [3.63, 3.8) is 0 Å². The van der Waals surface area contributed by atoms with Gasteiger partial charge in [-0.3, -0.25) is 9.59 Å². The van der Waals surface area contributed by atoms with E-state index in [0.717, 1.165) is 6.42 Å². The summed E-state index contributed by atoms with van der Waals surface area (Å²) in [6, 6.07) is 10.2. The third-order valence-electron chi connectivity index (χ3n) is 3.15. The van der Waals surface area contributed by atoms with Crippen molar-refractivity contribution in [2.24, 2.45) is 0 Å². The lowest BCUT2D eigenvalue weighted by atomic mass is 10.1. The van der Waals surface area contributed by atoms with Crippen molar-refractivity contribution in [2.75, 3.05) is 5.32 Å². The topological polar surface area (TPSA) is 71.3 Å². The van der Waals surface area contributed by atoms with Gasteiger partial charge in [-0.25, -0.2) is 0 Å². The van der Waals surface area contributed by atoms with E-state index in [1.807, 2.05) is 13.8 Å². The number of nitrogens with one attached hydrogen (secondary N) is 2. The number of benzene rings is 1. The summed E-state index contributed by atoms with van der Waals surface area (Å²) >= 11 is 0. The average molecular weight is 286 g/mol. The van der Waals surface area contributed by atoms with E-state index in [9.17, 15) is 9.59 Å². The summed E-state index contributed by atoms with van der Waals surface area (Å²) in [5.41, 5.74) is 0.886. The fraction of sp³-hybridized carbons (Fsp3) is 0.250. The van der Waals surface area contributed by atoms with Crippen LogP contribution in [0.25, 0.3) is 0 Å². The summed E-state index contributed by atoms with van der Waals surface area (Å²) in [6.45, 7) is 3.93. The lowest BCUT2D eigenvalue weighted by Gasteiger charge is -2.14. The first-order valence-corrected chi connectivity index (χ1v) is 6.86. The Morgan fingerprint density at radius 3 is 2.57 bits per heavy atom. The van der Waals surface area contributed by atoms with E-state index >= 15 is 0 Å². The monoisotopic (exact) mass is 286 g/mol. The van der Waals surface area contributed by atoms with Crippen LogP contribution < -0.4 is 10.6 Å². The van der Waals surface area contributed by atoms with Gasteiger partial charge in [0.1, 0.15) is 0 Å². The molecule has 0 fully saturated rings. The summed E-state index contributed by atoms with van der Waals surface area (Å²) < 4.78 is 5.04. The number of hydrogen-bond donors (Lipinski definition) is 2. The van der Waals surface area contributed by atoms with E-state index in [1.54, 1.807) is 36.4 Å². The van der Waals surface area contributed by atoms with Crippen LogP contribution in [0.1, 0.15) is 41.2 Å². The van der Waals surface area contributed by atoms with Crippen LogP contribution in [-0.4, -0.2) is 17.9 Å². The molecule has 1 aromatic carbocycles. The molecule has 1 heterocycles. The maximum Gasteiger partial charge on any atom is 0.291 e. The van der Waals surface area contributed by atoms with Crippen molar-refractivity contribution in [3.8, 4) is 0 Å². The number of furan rings is 1. The molecule has 1 aromatic heterocycles. The smallest absolute Gasteiger partial charge is 0.291 e. The van der Waals surface area contributed by atoms with E-state index in [2.05, 4.69) is 10.6 Å². The van der Waals surface area contributed by atoms with Crippen LogP contribution in [-0.2, 0) is 0 Å². The Kier molecular flexibility index (Phi) is 4.77. The molecule has 2 aromatic rings. The van der Waals surface area contributed by atoms with Gasteiger partial charge in [0.2, 0.25) is 0 Å². The number of rotatable bonds is 5. The number of anilines is 1. The maximum atomic E-state index is 12.2. The van der Waals surface area contributed by atoms with Crippen molar-refractivity contribution < 1.29 is 14.0 Å². The summed E-state index contributed by atoms with van der Waals surface area (Å²) in [7, 11) is 0. The first-order valence-electron chi connectivity index (χ1n) is 6.86. The van der Waals surface area contributed by atoms with Crippen molar-refractivity contribution >= 4 is 17.5 Å². The molecule has 0 saturated carbocycles. The van der Waals surface area contributed by atoms with E-state index in [4.69, 9.17) is 4.42 Å². The lowest BCUT2D eigenvalue weighted by Crippen LogP contribution is -2.32. The Hall–Kier alpha value is -2.56. The molecular formula is C16H18N2O3. The summed E-state index contributed by atoms with van der Waals surface area (Å²) in [5.74, 6) is -0.393. The second-order valence-corrected chi connectivity index (χ2v) is 4.76. The largest absolute Gasteiger partial charge is 0.459 e. The first-order chi connectivity index (χ1) is 10.1. The second-order valence-electron chi connectivity index (χ2n) is 4.76. The van der Waals surface area contributed by atoms with E-state index in [-0.39, 0.29) is 23.6 Å². The molecule has 5 nitrogen and oxygen atoms in total. The number of carbonyl (C=O) groups excluding carboxylic acids is 2. The van der Waals surface area contributed by atoms with E-state index < -0.39 is 0 Å². The minimum absolute atomic E-state index is 0.0753.